The highest BCUT2D eigenvalue weighted by molar-refractivity contribution is 5.14. The summed E-state index contributed by atoms with van der Waals surface area (Å²) in [5.74, 6) is 0.656. The standard InChI is InChI=1S/C13H22N2/c1-12(10-14)6-5-9-15-11-13-7-3-2-4-8-13/h2-4,7-8,12,15H,5-6,9-11,14H2,1H3. The summed E-state index contributed by atoms with van der Waals surface area (Å²) in [7, 11) is 0. The molecule has 0 bridgehead atoms. The lowest BCUT2D eigenvalue weighted by molar-refractivity contribution is 0.501. The van der Waals surface area contributed by atoms with E-state index >= 15 is 0 Å². The summed E-state index contributed by atoms with van der Waals surface area (Å²) in [5, 5.41) is 3.44. The van der Waals surface area contributed by atoms with Gasteiger partial charge in [0.05, 0.1) is 0 Å². The minimum atomic E-state index is 0.656. The van der Waals surface area contributed by atoms with Gasteiger partial charge in [0.15, 0.2) is 0 Å². The molecule has 1 rings (SSSR count). The minimum absolute atomic E-state index is 0.656. The van der Waals surface area contributed by atoms with E-state index in [0.717, 1.165) is 19.6 Å². The molecule has 0 saturated heterocycles. The van der Waals surface area contributed by atoms with Gasteiger partial charge in [0.25, 0.3) is 0 Å². The quantitative estimate of drug-likeness (QED) is 0.671. The van der Waals surface area contributed by atoms with Gasteiger partial charge in [-0.15, -0.1) is 0 Å². The van der Waals surface area contributed by atoms with Gasteiger partial charge < -0.3 is 11.1 Å². The molecular weight excluding hydrogens is 184 g/mol. The van der Waals surface area contributed by atoms with Gasteiger partial charge in [-0.2, -0.15) is 0 Å². The molecule has 2 heteroatoms. The average molecular weight is 206 g/mol. The van der Waals surface area contributed by atoms with Crippen molar-refractivity contribution in [2.75, 3.05) is 13.1 Å². The molecule has 2 nitrogen and oxygen atoms in total. The van der Waals surface area contributed by atoms with E-state index in [-0.39, 0.29) is 0 Å². The molecule has 3 N–H and O–H groups in total. The highest BCUT2D eigenvalue weighted by Crippen LogP contribution is 2.02. The van der Waals surface area contributed by atoms with Crippen molar-refractivity contribution in [1.82, 2.24) is 5.32 Å². The van der Waals surface area contributed by atoms with Crippen molar-refractivity contribution in [1.29, 1.82) is 0 Å². The Kier molecular flexibility index (Phi) is 6.05. The normalized spacial score (nSPS) is 12.7. The highest BCUT2D eigenvalue weighted by Gasteiger charge is 1.97. The summed E-state index contributed by atoms with van der Waals surface area (Å²) in [6.45, 7) is 5.06. The molecule has 0 fully saturated rings. The Morgan fingerprint density at radius 3 is 2.67 bits per heavy atom. The Morgan fingerprint density at radius 2 is 2.00 bits per heavy atom. The molecule has 0 heterocycles. The van der Waals surface area contributed by atoms with Crippen LogP contribution in [-0.2, 0) is 6.54 Å². The predicted molar refractivity (Wildman–Crippen MR) is 65.6 cm³/mol. The first kappa shape index (κ1) is 12.2. The van der Waals surface area contributed by atoms with Crippen LogP contribution in [-0.4, -0.2) is 13.1 Å². The third-order valence-corrected chi connectivity index (χ3v) is 2.62. The van der Waals surface area contributed by atoms with Crippen molar-refractivity contribution in [2.45, 2.75) is 26.3 Å². The van der Waals surface area contributed by atoms with Crippen molar-refractivity contribution in [3.05, 3.63) is 35.9 Å². The molecule has 1 atom stereocenters. The molecule has 0 aliphatic rings. The maximum Gasteiger partial charge on any atom is 0.0205 e. The van der Waals surface area contributed by atoms with Crippen LogP contribution in [0.25, 0.3) is 0 Å². The van der Waals surface area contributed by atoms with Crippen molar-refractivity contribution in [3.8, 4) is 0 Å². The van der Waals surface area contributed by atoms with Gasteiger partial charge in [0, 0.05) is 6.54 Å². The molecule has 0 spiro atoms. The van der Waals surface area contributed by atoms with Gasteiger partial charge in [0.1, 0.15) is 0 Å². The van der Waals surface area contributed by atoms with Gasteiger partial charge in [-0.3, -0.25) is 0 Å². The topological polar surface area (TPSA) is 38.0 Å². The van der Waals surface area contributed by atoms with Crippen LogP contribution in [0.15, 0.2) is 30.3 Å². The van der Waals surface area contributed by atoms with Crippen LogP contribution in [0.1, 0.15) is 25.3 Å². The zero-order chi connectivity index (χ0) is 10.9. The Balaban J connectivity index is 2.03. The first-order valence-corrected chi connectivity index (χ1v) is 5.77. The SMILES string of the molecule is CC(CN)CCCNCc1ccccc1. The Hall–Kier alpha value is -0.860. The third-order valence-electron chi connectivity index (χ3n) is 2.62. The predicted octanol–water partition coefficient (Wildman–Crippen LogP) is 2.15. The van der Waals surface area contributed by atoms with Crippen molar-refractivity contribution >= 4 is 0 Å². The summed E-state index contributed by atoms with van der Waals surface area (Å²) >= 11 is 0. The van der Waals surface area contributed by atoms with Crippen LogP contribution in [0.5, 0.6) is 0 Å². The maximum absolute atomic E-state index is 5.56. The van der Waals surface area contributed by atoms with E-state index in [1.165, 1.54) is 18.4 Å². The maximum atomic E-state index is 5.56. The van der Waals surface area contributed by atoms with Crippen LogP contribution in [0, 0.1) is 5.92 Å². The number of benzene rings is 1. The van der Waals surface area contributed by atoms with Crippen LogP contribution in [0.4, 0.5) is 0 Å². The fourth-order valence-electron chi connectivity index (χ4n) is 1.52. The number of nitrogens with one attached hydrogen (secondary N) is 1. The smallest absolute Gasteiger partial charge is 0.0205 e. The van der Waals surface area contributed by atoms with Crippen molar-refractivity contribution in [2.24, 2.45) is 11.7 Å². The van der Waals surface area contributed by atoms with E-state index in [4.69, 9.17) is 5.73 Å². The van der Waals surface area contributed by atoms with E-state index in [9.17, 15) is 0 Å². The average Bonchev–Trinajstić information content (AvgIpc) is 2.29. The fourth-order valence-corrected chi connectivity index (χ4v) is 1.52. The van der Waals surface area contributed by atoms with E-state index in [1.807, 2.05) is 6.07 Å². The zero-order valence-electron chi connectivity index (χ0n) is 9.58. The van der Waals surface area contributed by atoms with Crippen molar-refractivity contribution < 1.29 is 0 Å². The first-order chi connectivity index (χ1) is 7.33. The second-order valence-electron chi connectivity index (χ2n) is 4.15. The van der Waals surface area contributed by atoms with Gasteiger partial charge in [0.2, 0.25) is 0 Å². The summed E-state index contributed by atoms with van der Waals surface area (Å²) in [5.41, 5.74) is 6.91. The summed E-state index contributed by atoms with van der Waals surface area (Å²) in [6.07, 6.45) is 2.43. The van der Waals surface area contributed by atoms with Crippen molar-refractivity contribution in [3.63, 3.8) is 0 Å². The van der Waals surface area contributed by atoms with E-state index < -0.39 is 0 Å². The number of rotatable bonds is 7. The molecule has 0 aliphatic carbocycles. The Morgan fingerprint density at radius 1 is 1.27 bits per heavy atom. The second kappa shape index (κ2) is 7.43. The summed E-state index contributed by atoms with van der Waals surface area (Å²) in [6, 6.07) is 10.5. The lowest BCUT2D eigenvalue weighted by atomic mass is 10.1. The number of hydrogen-bond donors (Lipinski definition) is 2. The van der Waals surface area contributed by atoms with E-state index in [0.29, 0.717) is 5.92 Å². The van der Waals surface area contributed by atoms with Crippen LogP contribution in [0.2, 0.25) is 0 Å². The Bertz CT molecular complexity index is 246. The molecule has 0 saturated carbocycles. The van der Waals surface area contributed by atoms with Crippen LogP contribution >= 0.6 is 0 Å². The number of hydrogen-bond acceptors (Lipinski definition) is 2. The highest BCUT2D eigenvalue weighted by atomic mass is 14.8. The summed E-state index contributed by atoms with van der Waals surface area (Å²) in [4.78, 5) is 0. The van der Waals surface area contributed by atoms with E-state index in [2.05, 4.69) is 36.5 Å². The molecule has 84 valence electrons. The minimum Gasteiger partial charge on any atom is -0.330 e. The zero-order valence-corrected chi connectivity index (χ0v) is 9.58. The summed E-state index contributed by atoms with van der Waals surface area (Å²) < 4.78 is 0. The Labute approximate surface area is 92.9 Å². The van der Waals surface area contributed by atoms with Crippen LogP contribution < -0.4 is 11.1 Å². The number of nitrogens with two attached hydrogens (primary N) is 1. The molecule has 1 aromatic carbocycles. The molecular formula is C13H22N2. The third kappa shape index (κ3) is 5.55. The molecule has 0 amide bonds. The molecule has 15 heavy (non-hydrogen) atoms. The van der Waals surface area contributed by atoms with E-state index in [1.54, 1.807) is 0 Å². The second-order valence-corrected chi connectivity index (χ2v) is 4.15. The van der Waals surface area contributed by atoms with Gasteiger partial charge in [-0.1, -0.05) is 37.3 Å². The molecule has 1 unspecified atom stereocenters. The first-order valence-electron chi connectivity index (χ1n) is 5.77. The monoisotopic (exact) mass is 206 g/mol. The van der Waals surface area contributed by atoms with Gasteiger partial charge >= 0.3 is 0 Å². The molecule has 1 aromatic rings. The fraction of sp³-hybridized carbons (Fsp3) is 0.538. The lowest BCUT2D eigenvalue weighted by Crippen LogP contribution is -2.17. The largest absolute Gasteiger partial charge is 0.330 e. The van der Waals surface area contributed by atoms with Gasteiger partial charge in [-0.25, -0.2) is 0 Å². The van der Waals surface area contributed by atoms with Gasteiger partial charge in [-0.05, 0) is 37.4 Å². The molecule has 0 radical (unpaired) electrons. The lowest BCUT2D eigenvalue weighted by Gasteiger charge is -2.08. The molecule has 0 aliphatic heterocycles. The molecule has 0 aromatic heterocycles. The van der Waals surface area contributed by atoms with Crippen LogP contribution in [0.3, 0.4) is 0 Å².